The minimum absolute atomic E-state index is 0.00753. The highest BCUT2D eigenvalue weighted by atomic mass is 35.5. The average Bonchev–Trinajstić information content (AvgIpc) is 3.12. The van der Waals surface area contributed by atoms with Gasteiger partial charge in [-0.1, -0.05) is 56.6 Å². The van der Waals surface area contributed by atoms with Crippen molar-refractivity contribution in [3.8, 4) is 0 Å². The second-order valence-corrected chi connectivity index (χ2v) is 10.2. The minimum Gasteiger partial charge on any atom is -0.468 e. The molecule has 0 saturated heterocycles. The van der Waals surface area contributed by atoms with Gasteiger partial charge in [0.1, 0.15) is 11.4 Å². The lowest BCUT2D eigenvalue weighted by Gasteiger charge is -2.22. The number of hydrogen-bond acceptors (Lipinski definition) is 8. The fraction of sp³-hybridized carbons (Fsp3) is 0.462. The van der Waals surface area contributed by atoms with Gasteiger partial charge >= 0.3 is 11.3 Å². The number of aryl methyl sites for hydroxylation is 2. The van der Waals surface area contributed by atoms with Crippen molar-refractivity contribution in [3.05, 3.63) is 51.8 Å². The van der Waals surface area contributed by atoms with Gasteiger partial charge in [-0.2, -0.15) is 5.10 Å². The number of hydrogen-bond donors (Lipinski definition) is 0. The number of rotatable bonds is 9. The molecule has 196 valence electrons. The molecule has 2 rings (SSSR count). The molecule has 0 fully saturated rings. The molecule has 0 saturated carbocycles. The van der Waals surface area contributed by atoms with Crippen molar-refractivity contribution in [1.29, 1.82) is 0 Å². The quantitative estimate of drug-likeness (QED) is 0.165. The summed E-state index contributed by atoms with van der Waals surface area (Å²) in [5.74, 6) is -0.318. The van der Waals surface area contributed by atoms with Crippen LogP contribution >= 0.6 is 23.4 Å². The molecule has 0 aliphatic carbocycles. The van der Waals surface area contributed by atoms with Gasteiger partial charge in [0.2, 0.25) is 6.29 Å². The first-order valence-electron chi connectivity index (χ1n) is 11.5. The summed E-state index contributed by atoms with van der Waals surface area (Å²) in [6.45, 7) is 12.3. The average molecular weight is 536 g/mol. The van der Waals surface area contributed by atoms with Crippen molar-refractivity contribution >= 4 is 52.2 Å². The third-order valence-corrected chi connectivity index (χ3v) is 6.38. The Kier molecular flexibility index (Phi) is 10.6. The standard InChI is InChI=1S/C26H34ClN3O5S/c1-9-30-23(22(27)16(2)29-30)24(34-17(3)35-25(32)36-15-21(31)33-8)20(14-28-7)18-10-12-19(13-11-18)26(4,5)6/h10-14,17H,9,15H2,1-8H3/b24-20-,28-14-. The van der Waals surface area contributed by atoms with Crippen LogP contribution in [0, 0.1) is 6.92 Å². The van der Waals surface area contributed by atoms with E-state index in [0.29, 0.717) is 46.0 Å². The number of aliphatic imine (C=N–C) groups is 1. The van der Waals surface area contributed by atoms with Gasteiger partial charge in [0.15, 0.2) is 5.76 Å². The number of ether oxygens (including phenoxy) is 3. The molecular formula is C26H34ClN3O5S. The number of halogens is 1. The predicted molar refractivity (Wildman–Crippen MR) is 146 cm³/mol. The van der Waals surface area contributed by atoms with Crippen LogP contribution < -0.4 is 0 Å². The van der Waals surface area contributed by atoms with Gasteiger partial charge in [-0.05, 0) is 42.2 Å². The van der Waals surface area contributed by atoms with E-state index in [1.54, 1.807) is 24.9 Å². The summed E-state index contributed by atoms with van der Waals surface area (Å²) in [5, 5.41) is 4.28. The van der Waals surface area contributed by atoms with Crippen LogP contribution in [0.2, 0.25) is 5.02 Å². The Hall–Kier alpha value is -2.78. The lowest BCUT2D eigenvalue weighted by Crippen LogP contribution is -2.18. The topological polar surface area (TPSA) is 92.0 Å². The second-order valence-electron chi connectivity index (χ2n) is 8.94. The number of aromatic nitrogens is 2. The summed E-state index contributed by atoms with van der Waals surface area (Å²) in [7, 11) is 2.92. The van der Waals surface area contributed by atoms with Crippen LogP contribution in [0.4, 0.5) is 4.79 Å². The summed E-state index contributed by atoms with van der Waals surface area (Å²) < 4.78 is 17.9. The summed E-state index contributed by atoms with van der Waals surface area (Å²) >= 11 is 7.38. The molecule has 0 spiro atoms. The Labute approximate surface area is 222 Å². The van der Waals surface area contributed by atoms with Crippen LogP contribution in [-0.2, 0) is 31.0 Å². The van der Waals surface area contributed by atoms with Crippen molar-refractivity contribution in [3.63, 3.8) is 0 Å². The second kappa shape index (κ2) is 13.0. The maximum absolute atomic E-state index is 12.2. The number of thioether (sulfide) groups is 1. The molecule has 2 aromatic rings. The van der Waals surface area contributed by atoms with Gasteiger partial charge in [-0.25, -0.2) is 4.79 Å². The molecule has 10 heteroatoms. The smallest absolute Gasteiger partial charge is 0.370 e. The first kappa shape index (κ1) is 29.5. The number of methoxy groups -OCH3 is 1. The molecular weight excluding hydrogens is 502 g/mol. The number of carbonyl (C=O) groups is 2. The van der Waals surface area contributed by atoms with E-state index in [1.165, 1.54) is 12.7 Å². The highest BCUT2D eigenvalue weighted by Crippen LogP contribution is 2.35. The molecule has 0 amide bonds. The Morgan fingerprint density at radius 2 is 1.86 bits per heavy atom. The van der Waals surface area contributed by atoms with Crippen LogP contribution in [-0.4, -0.2) is 53.5 Å². The summed E-state index contributed by atoms with van der Waals surface area (Å²) in [6, 6.07) is 8.12. The van der Waals surface area contributed by atoms with Gasteiger partial charge < -0.3 is 14.2 Å². The molecule has 0 N–H and O–H groups in total. The zero-order chi connectivity index (χ0) is 27.0. The van der Waals surface area contributed by atoms with Crippen LogP contribution in [0.25, 0.3) is 11.3 Å². The van der Waals surface area contributed by atoms with E-state index in [0.717, 1.165) is 5.56 Å². The normalized spacial score (nSPS) is 13.4. The molecule has 0 aliphatic rings. The molecule has 36 heavy (non-hydrogen) atoms. The number of allylic oxidation sites excluding steroid dienone is 1. The lowest BCUT2D eigenvalue weighted by molar-refractivity contribution is -0.137. The Morgan fingerprint density at radius 1 is 1.22 bits per heavy atom. The van der Waals surface area contributed by atoms with E-state index in [-0.39, 0.29) is 11.2 Å². The molecule has 0 radical (unpaired) electrons. The van der Waals surface area contributed by atoms with E-state index in [4.69, 9.17) is 21.1 Å². The van der Waals surface area contributed by atoms with Gasteiger partial charge in [0, 0.05) is 32.3 Å². The fourth-order valence-electron chi connectivity index (χ4n) is 3.33. The number of carbonyl (C=O) groups excluding carboxylic acids is 2. The van der Waals surface area contributed by atoms with E-state index in [1.807, 2.05) is 26.0 Å². The third kappa shape index (κ3) is 7.61. The third-order valence-electron chi connectivity index (χ3n) is 5.22. The maximum Gasteiger partial charge on any atom is 0.370 e. The number of esters is 1. The van der Waals surface area contributed by atoms with E-state index >= 15 is 0 Å². The summed E-state index contributed by atoms with van der Waals surface area (Å²) in [5.41, 5.74) is 3.87. The Morgan fingerprint density at radius 3 is 2.39 bits per heavy atom. The highest BCUT2D eigenvalue weighted by Gasteiger charge is 2.25. The molecule has 1 aromatic carbocycles. The van der Waals surface area contributed by atoms with Gasteiger partial charge in [-0.3, -0.25) is 14.5 Å². The summed E-state index contributed by atoms with van der Waals surface area (Å²) in [6.07, 6.45) is 0.684. The molecule has 1 aromatic heterocycles. The van der Waals surface area contributed by atoms with E-state index < -0.39 is 17.6 Å². The largest absolute Gasteiger partial charge is 0.468 e. The van der Waals surface area contributed by atoms with E-state index in [2.05, 4.69) is 47.7 Å². The Balaban J connectivity index is 2.57. The zero-order valence-electron chi connectivity index (χ0n) is 22.0. The first-order valence-corrected chi connectivity index (χ1v) is 12.9. The molecule has 0 bridgehead atoms. The van der Waals surface area contributed by atoms with Gasteiger partial charge in [0.25, 0.3) is 0 Å². The predicted octanol–water partition coefficient (Wildman–Crippen LogP) is 6.14. The number of benzene rings is 1. The monoisotopic (exact) mass is 535 g/mol. The first-order chi connectivity index (χ1) is 16.9. The van der Waals surface area contributed by atoms with Gasteiger partial charge in [0.05, 0.1) is 17.8 Å². The minimum atomic E-state index is -0.997. The van der Waals surface area contributed by atoms with Crippen molar-refractivity contribution < 1.29 is 23.8 Å². The Bertz CT molecular complexity index is 1130. The van der Waals surface area contributed by atoms with Crippen LogP contribution in [0.3, 0.4) is 0 Å². The maximum atomic E-state index is 12.2. The van der Waals surface area contributed by atoms with Crippen LogP contribution in [0.1, 0.15) is 57.1 Å². The van der Waals surface area contributed by atoms with Gasteiger partial charge in [-0.15, -0.1) is 0 Å². The van der Waals surface area contributed by atoms with Crippen molar-refractivity contribution in [1.82, 2.24) is 9.78 Å². The van der Waals surface area contributed by atoms with Crippen molar-refractivity contribution in [2.45, 2.75) is 59.8 Å². The van der Waals surface area contributed by atoms with Crippen molar-refractivity contribution in [2.24, 2.45) is 4.99 Å². The summed E-state index contributed by atoms with van der Waals surface area (Å²) in [4.78, 5) is 27.9. The SMILES string of the molecule is CCn1nc(C)c(Cl)c1/C(OC(C)OC(=O)SCC(=O)OC)=C(\C=N/C)c1ccc(C(C)(C)C)cc1. The molecule has 0 aliphatic heterocycles. The molecule has 1 heterocycles. The lowest BCUT2D eigenvalue weighted by atomic mass is 9.86. The highest BCUT2D eigenvalue weighted by molar-refractivity contribution is 8.13. The molecule has 8 nitrogen and oxygen atoms in total. The van der Waals surface area contributed by atoms with Crippen LogP contribution in [0.15, 0.2) is 29.3 Å². The van der Waals surface area contributed by atoms with Crippen LogP contribution in [0.5, 0.6) is 0 Å². The zero-order valence-corrected chi connectivity index (χ0v) is 23.6. The molecule has 1 unspecified atom stereocenters. The fourth-order valence-corrected chi connectivity index (χ4v) is 4.11. The van der Waals surface area contributed by atoms with Crippen molar-refractivity contribution in [2.75, 3.05) is 19.9 Å². The van der Waals surface area contributed by atoms with E-state index in [9.17, 15) is 9.59 Å². The number of nitrogens with zero attached hydrogens (tertiary/aromatic N) is 3. The molecule has 1 atom stereocenters.